The summed E-state index contributed by atoms with van der Waals surface area (Å²) in [4.78, 5) is 29.1. The molecule has 1 heterocycles. The number of rotatable bonds is 9. The van der Waals surface area contributed by atoms with Crippen LogP contribution < -0.4 is 5.32 Å². The fourth-order valence-electron chi connectivity index (χ4n) is 4.51. The monoisotopic (exact) mass is 479 g/mol. The number of halogens is 1. The number of aromatic nitrogens is 2. The Bertz CT molecular complexity index is 1170. The van der Waals surface area contributed by atoms with Crippen molar-refractivity contribution in [3.05, 3.63) is 70.9 Å². The SMILES string of the molecule is CCc1ccc(C(=O)NC(C=O)(CO)Cc2ccc(-c3noc(C4CCCCC4)n3)c(F)c2)cc1. The number of hydrogen-bond acceptors (Lipinski definition) is 6. The number of aliphatic hydroxyl groups is 1. The lowest BCUT2D eigenvalue weighted by Gasteiger charge is -2.27. The van der Waals surface area contributed by atoms with Crippen LogP contribution in [0.2, 0.25) is 0 Å². The smallest absolute Gasteiger partial charge is 0.252 e. The van der Waals surface area contributed by atoms with Gasteiger partial charge in [0.25, 0.3) is 5.91 Å². The van der Waals surface area contributed by atoms with Crippen molar-refractivity contribution in [3.63, 3.8) is 0 Å². The van der Waals surface area contributed by atoms with Crippen molar-refractivity contribution in [1.29, 1.82) is 0 Å². The second kappa shape index (κ2) is 10.9. The molecule has 0 saturated heterocycles. The van der Waals surface area contributed by atoms with E-state index < -0.39 is 23.9 Å². The molecular formula is C27H30FN3O4. The summed E-state index contributed by atoms with van der Waals surface area (Å²) in [7, 11) is 0. The molecule has 3 aromatic rings. The fourth-order valence-corrected chi connectivity index (χ4v) is 4.51. The van der Waals surface area contributed by atoms with Gasteiger partial charge in [-0.2, -0.15) is 4.98 Å². The van der Waals surface area contributed by atoms with Gasteiger partial charge >= 0.3 is 0 Å². The van der Waals surface area contributed by atoms with Crippen molar-refractivity contribution in [2.45, 2.75) is 63.3 Å². The van der Waals surface area contributed by atoms with Gasteiger partial charge in [-0.3, -0.25) is 4.79 Å². The molecular weight excluding hydrogens is 449 g/mol. The van der Waals surface area contributed by atoms with Gasteiger partial charge < -0.3 is 19.7 Å². The number of carbonyl (C=O) groups excluding carboxylic acids is 2. The van der Waals surface area contributed by atoms with Gasteiger partial charge in [-0.15, -0.1) is 0 Å². The zero-order valence-electron chi connectivity index (χ0n) is 19.8. The molecule has 1 unspecified atom stereocenters. The summed E-state index contributed by atoms with van der Waals surface area (Å²) in [5.74, 6) is -0.127. The lowest BCUT2D eigenvalue weighted by Crippen LogP contribution is -2.54. The number of aldehydes is 1. The zero-order chi connectivity index (χ0) is 24.8. The van der Waals surface area contributed by atoms with Gasteiger partial charge in [-0.1, -0.05) is 49.5 Å². The number of carbonyl (C=O) groups is 2. The summed E-state index contributed by atoms with van der Waals surface area (Å²) in [6.07, 6.45) is 6.68. The average Bonchev–Trinajstić information content (AvgIpc) is 3.39. The third-order valence-corrected chi connectivity index (χ3v) is 6.68. The normalized spacial score (nSPS) is 16.0. The molecule has 1 fully saturated rings. The van der Waals surface area contributed by atoms with E-state index in [-0.39, 0.29) is 23.7 Å². The Balaban J connectivity index is 1.49. The average molecular weight is 480 g/mol. The summed E-state index contributed by atoms with van der Waals surface area (Å²) in [5.41, 5.74) is 0.488. The third-order valence-electron chi connectivity index (χ3n) is 6.68. The molecule has 0 spiro atoms. The van der Waals surface area contributed by atoms with Crippen molar-refractivity contribution < 1.29 is 23.6 Å². The van der Waals surface area contributed by atoms with E-state index in [1.54, 1.807) is 18.2 Å². The van der Waals surface area contributed by atoms with Crippen LogP contribution in [0.3, 0.4) is 0 Å². The first-order valence-corrected chi connectivity index (χ1v) is 12.1. The summed E-state index contributed by atoms with van der Waals surface area (Å²) in [6, 6.07) is 11.4. The van der Waals surface area contributed by atoms with Crippen LogP contribution >= 0.6 is 0 Å². The largest absolute Gasteiger partial charge is 0.393 e. The molecule has 1 aliphatic rings. The standard InChI is InChI=1S/C27H30FN3O4/c1-2-18-8-11-20(12-9-18)25(34)30-27(16-32,17-33)15-19-10-13-22(23(28)14-19)24-29-26(35-31-24)21-6-4-3-5-7-21/h8-14,16,21,33H,2-7,15,17H2,1H3,(H,30,34). The Morgan fingerprint density at radius 1 is 1.17 bits per heavy atom. The maximum absolute atomic E-state index is 15.0. The number of nitrogens with zero attached hydrogens (tertiary/aromatic N) is 2. The molecule has 7 nitrogen and oxygen atoms in total. The maximum Gasteiger partial charge on any atom is 0.252 e. The highest BCUT2D eigenvalue weighted by molar-refractivity contribution is 5.96. The maximum atomic E-state index is 15.0. The molecule has 0 radical (unpaired) electrons. The number of aliphatic hydroxyl groups excluding tert-OH is 1. The Morgan fingerprint density at radius 2 is 1.89 bits per heavy atom. The van der Waals surface area contributed by atoms with Gasteiger partial charge in [0.1, 0.15) is 17.6 Å². The van der Waals surface area contributed by atoms with Gasteiger partial charge in [0.2, 0.25) is 11.7 Å². The van der Waals surface area contributed by atoms with E-state index in [0.29, 0.717) is 23.3 Å². The first-order chi connectivity index (χ1) is 17.0. The van der Waals surface area contributed by atoms with Crippen molar-refractivity contribution >= 4 is 12.2 Å². The van der Waals surface area contributed by atoms with Gasteiger partial charge in [0.05, 0.1) is 12.2 Å². The van der Waals surface area contributed by atoms with Gasteiger partial charge in [0, 0.05) is 17.9 Å². The van der Waals surface area contributed by atoms with Crippen LogP contribution in [0.15, 0.2) is 47.0 Å². The van der Waals surface area contributed by atoms with Crippen molar-refractivity contribution in [2.75, 3.05) is 6.61 Å². The van der Waals surface area contributed by atoms with E-state index in [1.165, 1.54) is 18.6 Å². The van der Waals surface area contributed by atoms with Crippen LogP contribution in [0.5, 0.6) is 0 Å². The summed E-state index contributed by atoms with van der Waals surface area (Å²) < 4.78 is 20.4. The number of benzene rings is 2. The molecule has 0 aliphatic heterocycles. The summed E-state index contributed by atoms with van der Waals surface area (Å²) in [5, 5.41) is 16.6. The van der Waals surface area contributed by atoms with E-state index in [0.717, 1.165) is 37.7 Å². The number of hydrogen-bond donors (Lipinski definition) is 2. The summed E-state index contributed by atoms with van der Waals surface area (Å²) >= 11 is 0. The number of aryl methyl sites for hydroxylation is 1. The lowest BCUT2D eigenvalue weighted by molar-refractivity contribution is -0.114. The van der Waals surface area contributed by atoms with E-state index >= 15 is 4.39 Å². The van der Waals surface area contributed by atoms with E-state index in [9.17, 15) is 14.7 Å². The topological polar surface area (TPSA) is 105 Å². The predicted octanol–water partition coefficient (Wildman–Crippen LogP) is 4.39. The molecule has 1 aliphatic carbocycles. The summed E-state index contributed by atoms with van der Waals surface area (Å²) in [6.45, 7) is 1.38. The Hall–Kier alpha value is -3.39. The van der Waals surface area contributed by atoms with Crippen LogP contribution in [-0.4, -0.2) is 39.6 Å². The van der Waals surface area contributed by atoms with Gasteiger partial charge in [-0.05, 0) is 54.7 Å². The van der Waals surface area contributed by atoms with Crippen LogP contribution in [0, 0.1) is 5.82 Å². The molecule has 184 valence electrons. The van der Waals surface area contributed by atoms with E-state index in [1.807, 2.05) is 19.1 Å². The molecule has 1 aromatic heterocycles. The fraction of sp³-hybridized carbons (Fsp3) is 0.407. The Labute approximate surface area is 203 Å². The van der Waals surface area contributed by atoms with Crippen LogP contribution in [0.25, 0.3) is 11.4 Å². The highest BCUT2D eigenvalue weighted by Gasteiger charge is 2.32. The highest BCUT2D eigenvalue weighted by atomic mass is 19.1. The minimum absolute atomic E-state index is 0.0808. The second-order valence-corrected chi connectivity index (χ2v) is 9.22. The van der Waals surface area contributed by atoms with Crippen molar-refractivity contribution in [3.8, 4) is 11.4 Å². The Morgan fingerprint density at radius 3 is 2.51 bits per heavy atom. The molecule has 1 saturated carbocycles. The van der Waals surface area contributed by atoms with Gasteiger partial charge in [0.15, 0.2) is 0 Å². The predicted molar refractivity (Wildman–Crippen MR) is 128 cm³/mol. The molecule has 2 aromatic carbocycles. The molecule has 2 N–H and O–H groups in total. The van der Waals surface area contributed by atoms with E-state index in [2.05, 4.69) is 15.5 Å². The minimum atomic E-state index is -1.59. The van der Waals surface area contributed by atoms with Crippen LogP contribution in [-0.2, 0) is 17.6 Å². The molecule has 1 amide bonds. The molecule has 35 heavy (non-hydrogen) atoms. The second-order valence-electron chi connectivity index (χ2n) is 9.22. The van der Waals surface area contributed by atoms with Gasteiger partial charge in [-0.25, -0.2) is 4.39 Å². The lowest BCUT2D eigenvalue weighted by atomic mass is 9.89. The van der Waals surface area contributed by atoms with Crippen molar-refractivity contribution in [1.82, 2.24) is 15.5 Å². The molecule has 4 rings (SSSR count). The van der Waals surface area contributed by atoms with Crippen LogP contribution in [0.4, 0.5) is 4.39 Å². The van der Waals surface area contributed by atoms with E-state index in [4.69, 9.17) is 4.52 Å². The minimum Gasteiger partial charge on any atom is -0.393 e. The highest BCUT2D eigenvalue weighted by Crippen LogP contribution is 2.33. The Kier molecular flexibility index (Phi) is 7.70. The zero-order valence-corrected chi connectivity index (χ0v) is 19.8. The first kappa shape index (κ1) is 24.7. The van der Waals surface area contributed by atoms with Crippen molar-refractivity contribution in [2.24, 2.45) is 0 Å². The molecule has 8 heteroatoms. The third kappa shape index (κ3) is 5.65. The first-order valence-electron chi connectivity index (χ1n) is 12.1. The number of amides is 1. The molecule has 0 bridgehead atoms. The molecule has 1 atom stereocenters. The van der Waals surface area contributed by atoms with Crippen LogP contribution in [0.1, 0.15) is 72.3 Å². The number of nitrogens with one attached hydrogen (secondary N) is 1. The quantitative estimate of drug-likeness (QED) is 0.441.